The molecule has 0 aromatic heterocycles. The lowest BCUT2D eigenvalue weighted by molar-refractivity contribution is -0.384. The first-order valence-electron chi connectivity index (χ1n) is 9.59. The number of carbonyl (C=O) groups excluding carboxylic acids is 3. The van der Waals surface area contributed by atoms with Crippen molar-refractivity contribution in [2.75, 3.05) is 0 Å². The molecule has 4 rings (SSSR count). The molecule has 0 saturated heterocycles. The number of carbonyl (C=O) groups is 3. The Morgan fingerprint density at radius 2 is 1.34 bits per heavy atom. The van der Waals surface area contributed by atoms with E-state index < -0.39 is 22.6 Å². The Bertz CT molecular complexity index is 1380. The van der Waals surface area contributed by atoms with Crippen molar-refractivity contribution >= 4 is 81.4 Å². The number of rotatable bonds is 5. The zero-order valence-electron chi connectivity index (χ0n) is 17.1. The number of nitro groups is 1. The number of non-ortho nitro benzene ring substituents is 1. The highest BCUT2D eigenvalue weighted by molar-refractivity contribution is 6.55. The van der Waals surface area contributed by atoms with Crippen molar-refractivity contribution < 1.29 is 19.3 Å². The quantitative estimate of drug-likeness (QED) is 0.111. The van der Waals surface area contributed by atoms with Crippen LogP contribution < -0.4 is 0 Å². The Kier molecular flexibility index (Phi) is 6.95. The molecule has 0 radical (unpaired) electrons. The smallest absolute Gasteiger partial charge is 0.267 e. The maximum absolute atomic E-state index is 13.5. The molecule has 0 fully saturated rings. The first-order valence-corrected chi connectivity index (χ1v) is 11.5. The second-order valence-corrected chi connectivity index (χ2v) is 9.11. The van der Waals surface area contributed by atoms with E-state index in [0.29, 0.717) is 10.6 Å². The molecule has 0 spiro atoms. The fourth-order valence-electron chi connectivity index (χ4n) is 3.46. The predicted octanol–water partition coefficient (Wildman–Crippen LogP) is 6.72. The summed E-state index contributed by atoms with van der Waals surface area (Å²) < 4.78 is 0. The van der Waals surface area contributed by atoms with E-state index >= 15 is 0 Å². The minimum absolute atomic E-state index is 0.000827. The number of imide groups is 1. The molecule has 0 atom stereocenters. The van der Waals surface area contributed by atoms with Gasteiger partial charge in [0, 0.05) is 12.1 Å². The van der Waals surface area contributed by atoms with Crippen molar-refractivity contribution in [1.82, 2.24) is 10.0 Å². The highest BCUT2D eigenvalue weighted by Gasteiger charge is 2.46. The summed E-state index contributed by atoms with van der Waals surface area (Å²) in [4.78, 5) is 50.7. The average Bonchev–Trinajstić information content (AvgIpc) is 3.10. The van der Waals surface area contributed by atoms with Gasteiger partial charge in [-0.2, -0.15) is 5.01 Å². The number of hydrogen-bond donors (Lipinski definition) is 0. The Labute approximate surface area is 222 Å². The number of benzene rings is 3. The van der Waals surface area contributed by atoms with Crippen LogP contribution in [-0.4, -0.2) is 32.7 Å². The molecule has 3 aromatic rings. The molecule has 0 N–H and O–H groups in total. The van der Waals surface area contributed by atoms with Gasteiger partial charge >= 0.3 is 0 Å². The monoisotopic (exact) mass is 571 g/mol. The lowest BCUT2D eigenvalue weighted by atomic mass is 10.1. The topological polar surface area (TPSA) is 101 Å². The van der Waals surface area contributed by atoms with Crippen LogP contribution in [0.1, 0.15) is 36.6 Å². The molecule has 3 amide bonds. The van der Waals surface area contributed by atoms with Crippen molar-refractivity contribution in [2.45, 2.75) is 6.54 Å². The molecule has 35 heavy (non-hydrogen) atoms. The third-order valence-electron chi connectivity index (χ3n) is 5.14. The summed E-state index contributed by atoms with van der Waals surface area (Å²) in [6, 6.07) is 11.3. The van der Waals surface area contributed by atoms with Gasteiger partial charge in [-0.15, -0.1) is 0 Å². The standard InChI is InChI=1S/C22H10Cl5N3O5/c23-13-4-2-1-3-12(13)20(31)28(9-10-5-7-11(8-6-10)30(34)35)29-21(32)14-15(22(29)33)17(25)19(27)18(26)16(14)24/h1-8H,9H2. The second kappa shape index (κ2) is 9.64. The molecule has 1 heterocycles. The van der Waals surface area contributed by atoms with Gasteiger partial charge in [-0.25, -0.2) is 5.01 Å². The SMILES string of the molecule is O=C(c1ccccc1Cl)N(Cc1ccc([N+](=O)[O-])cc1)N1C(=O)c2c(Cl)c(Cl)c(Cl)c(Cl)c2C1=O. The van der Waals surface area contributed by atoms with E-state index in [2.05, 4.69) is 0 Å². The highest BCUT2D eigenvalue weighted by atomic mass is 35.5. The van der Waals surface area contributed by atoms with E-state index in [0.717, 1.165) is 5.01 Å². The Morgan fingerprint density at radius 1 is 0.829 bits per heavy atom. The number of nitro benzene ring substituents is 1. The van der Waals surface area contributed by atoms with E-state index in [4.69, 9.17) is 58.0 Å². The molecular weight excluding hydrogens is 564 g/mol. The van der Waals surface area contributed by atoms with E-state index in [9.17, 15) is 24.5 Å². The van der Waals surface area contributed by atoms with Crippen LogP contribution in [-0.2, 0) is 6.54 Å². The summed E-state index contributed by atoms with van der Waals surface area (Å²) in [6.07, 6.45) is 0. The molecule has 0 unspecified atom stereocenters. The Hall–Kier alpha value is -2.88. The first-order chi connectivity index (χ1) is 16.5. The van der Waals surface area contributed by atoms with Crippen LogP contribution in [0.15, 0.2) is 48.5 Å². The van der Waals surface area contributed by atoms with Crippen molar-refractivity contribution in [3.63, 3.8) is 0 Å². The number of halogens is 5. The first kappa shape index (κ1) is 25.2. The normalized spacial score (nSPS) is 12.7. The average molecular weight is 574 g/mol. The van der Waals surface area contributed by atoms with Crippen LogP contribution in [0.3, 0.4) is 0 Å². The summed E-state index contributed by atoms with van der Waals surface area (Å²) in [5.41, 5.74) is -0.420. The summed E-state index contributed by atoms with van der Waals surface area (Å²) in [7, 11) is 0. The third kappa shape index (κ3) is 4.32. The fraction of sp³-hybridized carbons (Fsp3) is 0.0455. The Morgan fingerprint density at radius 3 is 1.83 bits per heavy atom. The van der Waals surface area contributed by atoms with Crippen LogP contribution in [0, 0.1) is 10.1 Å². The van der Waals surface area contributed by atoms with Crippen molar-refractivity contribution in [2.24, 2.45) is 0 Å². The van der Waals surface area contributed by atoms with Gasteiger partial charge in [-0.3, -0.25) is 24.5 Å². The molecule has 8 nitrogen and oxygen atoms in total. The van der Waals surface area contributed by atoms with E-state index in [1.165, 1.54) is 36.4 Å². The maximum Gasteiger partial charge on any atom is 0.282 e. The maximum atomic E-state index is 13.5. The molecule has 178 valence electrons. The molecule has 0 bridgehead atoms. The molecule has 0 aliphatic carbocycles. The zero-order valence-corrected chi connectivity index (χ0v) is 20.9. The third-order valence-corrected chi connectivity index (χ3v) is 7.27. The molecule has 1 aliphatic heterocycles. The van der Waals surface area contributed by atoms with E-state index in [-0.39, 0.29) is 54.0 Å². The van der Waals surface area contributed by atoms with Gasteiger partial charge in [0.15, 0.2) is 0 Å². The van der Waals surface area contributed by atoms with Crippen molar-refractivity contribution in [3.8, 4) is 0 Å². The largest absolute Gasteiger partial charge is 0.282 e. The summed E-state index contributed by atoms with van der Waals surface area (Å²) >= 11 is 30.8. The zero-order chi connectivity index (χ0) is 25.6. The molecule has 0 saturated carbocycles. The van der Waals surface area contributed by atoms with Gasteiger partial charge in [0.2, 0.25) is 0 Å². The lowest BCUT2D eigenvalue weighted by Gasteiger charge is -2.30. The van der Waals surface area contributed by atoms with Crippen LogP contribution in [0.4, 0.5) is 5.69 Å². The number of fused-ring (bicyclic) bond motifs is 1. The highest BCUT2D eigenvalue weighted by Crippen LogP contribution is 2.45. The van der Waals surface area contributed by atoms with Crippen LogP contribution >= 0.6 is 58.0 Å². The van der Waals surface area contributed by atoms with Crippen LogP contribution in [0.5, 0.6) is 0 Å². The number of hydrogen-bond acceptors (Lipinski definition) is 5. The number of hydrazine groups is 1. The van der Waals surface area contributed by atoms with Crippen LogP contribution in [0.25, 0.3) is 0 Å². The number of nitrogens with zero attached hydrogens (tertiary/aromatic N) is 3. The van der Waals surface area contributed by atoms with Gasteiger partial charge in [-0.1, -0.05) is 82.3 Å². The van der Waals surface area contributed by atoms with Crippen molar-refractivity contribution in [3.05, 3.63) is 106 Å². The second-order valence-electron chi connectivity index (χ2n) is 7.19. The van der Waals surface area contributed by atoms with E-state index in [1.807, 2.05) is 0 Å². The lowest BCUT2D eigenvalue weighted by Crippen LogP contribution is -2.49. The summed E-state index contributed by atoms with van der Waals surface area (Å²) in [5, 5.41) is 11.4. The molecule has 1 aliphatic rings. The predicted molar refractivity (Wildman–Crippen MR) is 131 cm³/mol. The molecule has 13 heteroatoms. The fourth-order valence-corrected chi connectivity index (χ4v) is 4.69. The van der Waals surface area contributed by atoms with Gasteiger partial charge in [0.25, 0.3) is 23.4 Å². The molecular formula is C22H10Cl5N3O5. The molecule has 3 aromatic carbocycles. The van der Waals surface area contributed by atoms with Crippen LogP contribution in [0.2, 0.25) is 25.1 Å². The van der Waals surface area contributed by atoms with Gasteiger partial charge < -0.3 is 0 Å². The minimum Gasteiger partial charge on any atom is -0.267 e. The van der Waals surface area contributed by atoms with Gasteiger partial charge in [0.05, 0.1) is 53.3 Å². The van der Waals surface area contributed by atoms with E-state index in [1.54, 1.807) is 12.1 Å². The Balaban J connectivity index is 1.84. The van der Waals surface area contributed by atoms with Crippen molar-refractivity contribution in [1.29, 1.82) is 0 Å². The van der Waals surface area contributed by atoms with Gasteiger partial charge in [-0.05, 0) is 17.7 Å². The summed E-state index contributed by atoms with van der Waals surface area (Å²) in [6.45, 7) is -0.329. The number of amides is 3. The summed E-state index contributed by atoms with van der Waals surface area (Å²) in [5.74, 6) is -2.72. The minimum atomic E-state index is -0.960. The van der Waals surface area contributed by atoms with Gasteiger partial charge in [0.1, 0.15) is 0 Å².